The zero-order valence-electron chi connectivity index (χ0n) is 9.66. The predicted molar refractivity (Wildman–Crippen MR) is 64.4 cm³/mol. The number of nitrogens with one attached hydrogen (secondary N) is 1. The van der Waals surface area contributed by atoms with Crippen LogP contribution in [0.15, 0.2) is 18.3 Å². The predicted octanol–water partition coefficient (Wildman–Crippen LogP) is 1.39. The average Bonchev–Trinajstić information content (AvgIpc) is 2.66. The van der Waals surface area contributed by atoms with Crippen LogP contribution in [0.4, 0.5) is 0 Å². The molecule has 0 amide bonds. The molecule has 0 aliphatic rings. The highest BCUT2D eigenvalue weighted by Crippen LogP contribution is 2.18. The maximum Gasteiger partial charge on any atom is 0.0679 e. The molecule has 0 saturated heterocycles. The van der Waals surface area contributed by atoms with Crippen molar-refractivity contribution < 1.29 is 4.74 Å². The van der Waals surface area contributed by atoms with Crippen LogP contribution in [0.2, 0.25) is 0 Å². The van der Waals surface area contributed by atoms with Gasteiger partial charge in [-0.1, -0.05) is 6.07 Å². The number of hydrogen-bond acceptors (Lipinski definition) is 3. The van der Waals surface area contributed by atoms with E-state index >= 15 is 0 Å². The van der Waals surface area contributed by atoms with Crippen molar-refractivity contribution in [2.75, 3.05) is 13.7 Å². The first-order valence-electron chi connectivity index (χ1n) is 5.38. The summed E-state index contributed by atoms with van der Waals surface area (Å²) in [4.78, 5) is 0. The highest BCUT2D eigenvalue weighted by atomic mass is 16.5. The Labute approximate surface area is 94.8 Å². The topological polar surface area (TPSA) is 63.9 Å². The lowest BCUT2D eigenvalue weighted by atomic mass is 10.0. The monoisotopic (exact) mass is 219 g/mol. The highest BCUT2D eigenvalue weighted by molar-refractivity contribution is 5.81. The molecule has 0 fully saturated rings. The molecule has 0 bridgehead atoms. The second-order valence-corrected chi connectivity index (χ2v) is 4.17. The van der Waals surface area contributed by atoms with Crippen molar-refractivity contribution in [3.05, 3.63) is 29.5 Å². The minimum Gasteiger partial charge on any atom is -0.383 e. The molecule has 16 heavy (non-hydrogen) atoms. The SMILES string of the molecule is COC[C@H](N)Cc1cc(C)c2[nH]ncc2c1. The summed E-state index contributed by atoms with van der Waals surface area (Å²) in [6.07, 6.45) is 2.67. The molecule has 1 atom stereocenters. The number of hydrogen-bond donors (Lipinski definition) is 2. The minimum atomic E-state index is 0.0498. The number of rotatable bonds is 4. The highest BCUT2D eigenvalue weighted by Gasteiger charge is 2.07. The first-order chi connectivity index (χ1) is 7.70. The van der Waals surface area contributed by atoms with E-state index in [0.717, 1.165) is 17.3 Å². The number of aromatic nitrogens is 2. The van der Waals surface area contributed by atoms with Gasteiger partial charge in [0.05, 0.1) is 18.3 Å². The second kappa shape index (κ2) is 4.63. The third kappa shape index (κ3) is 2.23. The molecule has 0 aliphatic carbocycles. The van der Waals surface area contributed by atoms with Crippen LogP contribution in [0.5, 0.6) is 0 Å². The van der Waals surface area contributed by atoms with Crippen molar-refractivity contribution in [3.8, 4) is 0 Å². The number of nitrogens with two attached hydrogens (primary N) is 1. The lowest BCUT2D eigenvalue weighted by Gasteiger charge is -2.11. The summed E-state index contributed by atoms with van der Waals surface area (Å²) in [5, 5.41) is 8.16. The summed E-state index contributed by atoms with van der Waals surface area (Å²) >= 11 is 0. The molecule has 0 saturated carbocycles. The Hall–Kier alpha value is -1.39. The summed E-state index contributed by atoms with van der Waals surface area (Å²) < 4.78 is 5.04. The lowest BCUT2D eigenvalue weighted by Crippen LogP contribution is -2.27. The Morgan fingerprint density at radius 3 is 3.06 bits per heavy atom. The molecule has 1 aromatic carbocycles. The van der Waals surface area contributed by atoms with E-state index in [1.54, 1.807) is 7.11 Å². The molecular formula is C12H17N3O. The van der Waals surface area contributed by atoms with Gasteiger partial charge < -0.3 is 10.5 Å². The van der Waals surface area contributed by atoms with Gasteiger partial charge in [-0.2, -0.15) is 5.10 Å². The van der Waals surface area contributed by atoms with Crippen molar-refractivity contribution in [2.45, 2.75) is 19.4 Å². The first-order valence-corrected chi connectivity index (χ1v) is 5.38. The van der Waals surface area contributed by atoms with Gasteiger partial charge in [0, 0.05) is 18.5 Å². The molecule has 86 valence electrons. The van der Waals surface area contributed by atoms with Crippen LogP contribution < -0.4 is 5.73 Å². The maximum absolute atomic E-state index is 5.94. The Kier molecular flexibility index (Phi) is 3.22. The lowest BCUT2D eigenvalue weighted by molar-refractivity contribution is 0.180. The van der Waals surface area contributed by atoms with Crippen LogP contribution in [0.1, 0.15) is 11.1 Å². The zero-order valence-corrected chi connectivity index (χ0v) is 9.66. The summed E-state index contributed by atoms with van der Waals surface area (Å²) in [5.41, 5.74) is 9.47. The molecule has 1 aromatic heterocycles. The zero-order chi connectivity index (χ0) is 11.5. The van der Waals surface area contributed by atoms with E-state index in [4.69, 9.17) is 10.5 Å². The molecule has 3 N–H and O–H groups in total. The van der Waals surface area contributed by atoms with Crippen LogP contribution in [0, 0.1) is 6.92 Å². The van der Waals surface area contributed by atoms with Gasteiger partial charge in [-0.25, -0.2) is 0 Å². The fraction of sp³-hybridized carbons (Fsp3) is 0.417. The fourth-order valence-corrected chi connectivity index (χ4v) is 2.01. The van der Waals surface area contributed by atoms with Gasteiger partial charge in [-0.05, 0) is 30.5 Å². The molecule has 0 unspecified atom stereocenters. The van der Waals surface area contributed by atoms with Crippen molar-refractivity contribution in [1.29, 1.82) is 0 Å². The summed E-state index contributed by atoms with van der Waals surface area (Å²) in [6, 6.07) is 4.32. The minimum absolute atomic E-state index is 0.0498. The number of nitrogens with zero attached hydrogens (tertiary/aromatic N) is 1. The molecule has 0 aliphatic heterocycles. The van der Waals surface area contributed by atoms with Crippen LogP contribution in [0.3, 0.4) is 0 Å². The summed E-state index contributed by atoms with van der Waals surface area (Å²) in [7, 11) is 1.67. The molecule has 2 rings (SSSR count). The number of fused-ring (bicyclic) bond motifs is 1. The number of aryl methyl sites for hydroxylation is 1. The smallest absolute Gasteiger partial charge is 0.0679 e. The Morgan fingerprint density at radius 2 is 2.31 bits per heavy atom. The molecule has 4 heteroatoms. The van der Waals surface area contributed by atoms with Crippen LogP contribution in [-0.2, 0) is 11.2 Å². The molecule has 2 aromatic rings. The van der Waals surface area contributed by atoms with Gasteiger partial charge in [0.15, 0.2) is 0 Å². The van der Waals surface area contributed by atoms with Gasteiger partial charge in [0.25, 0.3) is 0 Å². The molecule has 4 nitrogen and oxygen atoms in total. The number of aromatic amines is 1. The number of benzene rings is 1. The summed E-state index contributed by atoms with van der Waals surface area (Å²) in [6.45, 7) is 2.66. The second-order valence-electron chi connectivity index (χ2n) is 4.17. The number of methoxy groups -OCH3 is 1. The van der Waals surface area contributed by atoms with Crippen LogP contribution in [-0.4, -0.2) is 30.0 Å². The van der Waals surface area contributed by atoms with E-state index in [2.05, 4.69) is 29.3 Å². The average molecular weight is 219 g/mol. The van der Waals surface area contributed by atoms with Crippen molar-refractivity contribution in [2.24, 2.45) is 5.73 Å². The normalized spacial score (nSPS) is 13.2. The maximum atomic E-state index is 5.94. The van der Waals surface area contributed by atoms with Gasteiger partial charge in [-0.3, -0.25) is 5.10 Å². The molecule has 0 spiro atoms. The van der Waals surface area contributed by atoms with Crippen molar-refractivity contribution >= 4 is 10.9 Å². The van der Waals surface area contributed by atoms with Gasteiger partial charge in [0.2, 0.25) is 0 Å². The first kappa shape index (κ1) is 11.1. The van der Waals surface area contributed by atoms with Crippen molar-refractivity contribution in [3.63, 3.8) is 0 Å². The van der Waals surface area contributed by atoms with E-state index in [0.29, 0.717) is 6.61 Å². The number of ether oxygens (including phenoxy) is 1. The number of H-pyrrole nitrogens is 1. The van der Waals surface area contributed by atoms with Gasteiger partial charge >= 0.3 is 0 Å². The molecule has 1 heterocycles. The Bertz CT molecular complexity index is 478. The summed E-state index contributed by atoms with van der Waals surface area (Å²) in [5.74, 6) is 0. The van der Waals surface area contributed by atoms with E-state index in [9.17, 15) is 0 Å². The van der Waals surface area contributed by atoms with Crippen LogP contribution in [0.25, 0.3) is 10.9 Å². The standard InChI is InChI=1S/C12H17N3O/c1-8-3-9(5-11(13)7-16-2)4-10-6-14-15-12(8)10/h3-4,6,11H,5,7,13H2,1-2H3,(H,14,15)/t11-/m1/s1. The van der Waals surface area contributed by atoms with Crippen LogP contribution >= 0.6 is 0 Å². The third-order valence-corrected chi connectivity index (χ3v) is 2.68. The van der Waals surface area contributed by atoms with Crippen molar-refractivity contribution in [1.82, 2.24) is 10.2 Å². The molecular weight excluding hydrogens is 202 g/mol. The van der Waals surface area contributed by atoms with E-state index in [1.807, 2.05) is 6.20 Å². The van der Waals surface area contributed by atoms with E-state index < -0.39 is 0 Å². The largest absolute Gasteiger partial charge is 0.383 e. The fourth-order valence-electron chi connectivity index (χ4n) is 2.01. The Balaban J connectivity index is 2.24. The quantitative estimate of drug-likeness (QED) is 0.816. The van der Waals surface area contributed by atoms with Gasteiger partial charge in [0.1, 0.15) is 0 Å². The Morgan fingerprint density at radius 1 is 1.50 bits per heavy atom. The third-order valence-electron chi connectivity index (χ3n) is 2.68. The van der Waals surface area contributed by atoms with E-state index in [1.165, 1.54) is 11.1 Å². The van der Waals surface area contributed by atoms with E-state index in [-0.39, 0.29) is 6.04 Å². The molecule has 0 radical (unpaired) electrons. The van der Waals surface area contributed by atoms with Gasteiger partial charge in [-0.15, -0.1) is 0 Å².